The summed E-state index contributed by atoms with van der Waals surface area (Å²) in [5.74, 6) is 0.428. The van der Waals surface area contributed by atoms with Gasteiger partial charge in [0, 0.05) is 31.6 Å². The third kappa shape index (κ3) is 4.22. The van der Waals surface area contributed by atoms with Gasteiger partial charge in [0.05, 0.1) is 12.0 Å². The Hall–Kier alpha value is -3.14. The van der Waals surface area contributed by atoms with Crippen LogP contribution in [0.4, 0.5) is 0 Å². The number of fused-ring (bicyclic) bond motifs is 1. The minimum Gasteiger partial charge on any atom is -0.426 e. The van der Waals surface area contributed by atoms with E-state index in [1.807, 2.05) is 24.5 Å². The van der Waals surface area contributed by atoms with Crippen molar-refractivity contribution in [3.8, 4) is 5.75 Å². The third-order valence-electron chi connectivity index (χ3n) is 5.07. The molecule has 4 rings (SSSR count). The molecular weight excluding hydrogens is 348 g/mol. The smallest absolute Gasteiger partial charge is 0.308 e. The number of rotatable bonds is 5. The lowest BCUT2D eigenvalue weighted by molar-refractivity contribution is -0.131. The van der Waals surface area contributed by atoms with Gasteiger partial charge in [-0.15, -0.1) is 0 Å². The summed E-state index contributed by atoms with van der Waals surface area (Å²) in [6.07, 6.45) is 10.2. The summed E-state index contributed by atoms with van der Waals surface area (Å²) in [6.45, 7) is 2.24. The second-order valence-electron chi connectivity index (χ2n) is 7.18. The van der Waals surface area contributed by atoms with Crippen LogP contribution in [0.3, 0.4) is 0 Å². The number of esters is 1. The number of ether oxygens (including phenoxy) is 1. The Morgan fingerprint density at radius 1 is 1.14 bits per heavy atom. The van der Waals surface area contributed by atoms with Crippen LogP contribution in [0.5, 0.6) is 5.75 Å². The molecule has 0 bridgehead atoms. The molecule has 0 amide bonds. The van der Waals surface area contributed by atoms with Crippen LogP contribution in [0.15, 0.2) is 67.1 Å². The van der Waals surface area contributed by atoms with Gasteiger partial charge in [0.1, 0.15) is 5.75 Å². The lowest BCUT2D eigenvalue weighted by Gasteiger charge is -2.21. The Labute approximate surface area is 165 Å². The maximum atomic E-state index is 11.4. The number of benzene rings is 2. The molecule has 0 atom stereocenters. The molecule has 0 saturated carbocycles. The summed E-state index contributed by atoms with van der Waals surface area (Å²) >= 11 is 0. The van der Waals surface area contributed by atoms with Gasteiger partial charge in [-0.1, -0.05) is 48.5 Å². The highest BCUT2D eigenvalue weighted by Crippen LogP contribution is 2.36. The van der Waals surface area contributed by atoms with E-state index in [0.29, 0.717) is 5.75 Å². The second-order valence-corrected chi connectivity index (χ2v) is 7.18. The Morgan fingerprint density at radius 2 is 2.00 bits per heavy atom. The molecule has 4 heteroatoms. The number of aromatic nitrogens is 2. The van der Waals surface area contributed by atoms with Gasteiger partial charge in [-0.25, -0.2) is 4.98 Å². The molecule has 0 N–H and O–H groups in total. The molecule has 3 aromatic rings. The molecule has 0 aliphatic heterocycles. The Balaban J connectivity index is 1.50. The first-order valence-corrected chi connectivity index (χ1v) is 9.73. The Kier molecular flexibility index (Phi) is 5.38. The molecule has 1 aliphatic rings. The fourth-order valence-corrected chi connectivity index (χ4v) is 3.80. The summed E-state index contributed by atoms with van der Waals surface area (Å²) in [6, 6.07) is 16.4. The van der Waals surface area contributed by atoms with Crippen molar-refractivity contribution in [3.05, 3.63) is 89.5 Å². The van der Waals surface area contributed by atoms with Crippen molar-refractivity contribution < 1.29 is 9.53 Å². The molecular formula is C24H24N2O2. The first kappa shape index (κ1) is 18.2. The lowest BCUT2D eigenvalue weighted by Crippen LogP contribution is -2.09. The van der Waals surface area contributed by atoms with Crippen molar-refractivity contribution in [2.45, 2.75) is 39.2 Å². The van der Waals surface area contributed by atoms with E-state index in [2.05, 4.69) is 52.2 Å². The molecule has 1 aliphatic carbocycles. The maximum Gasteiger partial charge on any atom is 0.308 e. The predicted octanol–water partition coefficient (Wildman–Crippen LogP) is 4.82. The molecule has 142 valence electrons. The average molecular weight is 372 g/mol. The standard InChI is InChI=1S/C24H24N2O2/c1-18(27)28-24-12-6-10-22-20(9-5-11-23(22)24)13-14-26-16-21(25-17-26)15-19-7-3-2-4-8-19/h2-4,6-8,10,12-13,16-17H,5,9,11,14-15H2,1H3. The topological polar surface area (TPSA) is 44.1 Å². The first-order chi connectivity index (χ1) is 13.7. The van der Waals surface area contributed by atoms with Crippen LogP contribution in [0.1, 0.15) is 42.1 Å². The number of carbonyl (C=O) groups is 1. The minimum absolute atomic E-state index is 0.270. The molecule has 1 heterocycles. The van der Waals surface area contributed by atoms with Crippen molar-refractivity contribution in [2.24, 2.45) is 0 Å². The summed E-state index contributed by atoms with van der Waals surface area (Å²) < 4.78 is 7.52. The van der Waals surface area contributed by atoms with E-state index in [1.165, 1.54) is 23.6 Å². The first-order valence-electron chi connectivity index (χ1n) is 9.73. The van der Waals surface area contributed by atoms with Gasteiger partial charge in [0.2, 0.25) is 0 Å². The van der Waals surface area contributed by atoms with E-state index in [4.69, 9.17) is 4.74 Å². The summed E-state index contributed by atoms with van der Waals surface area (Å²) in [7, 11) is 0. The zero-order chi connectivity index (χ0) is 19.3. The minimum atomic E-state index is -0.270. The van der Waals surface area contributed by atoms with Gasteiger partial charge >= 0.3 is 5.97 Å². The number of nitrogens with zero attached hydrogens (tertiary/aromatic N) is 2. The van der Waals surface area contributed by atoms with Crippen LogP contribution in [-0.4, -0.2) is 15.5 Å². The van der Waals surface area contributed by atoms with Crippen LogP contribution in [0.25, 0.3) is 5.57 Å². The molecule has 0 radical (unpaired) electrons. The normalized spacial score (nSPS) is 14.7. The van der Waals surface area contributed by atoms with Gasteiger partial charge < -0.3 is 9.30 Å². The molecule has 2 aromatic carbocycles. The zero-order valence-corrected chi connectivity index (χ0v) is 16.1. The number of hydrogen-bond donors (Lipinski definition) is 0. The van der Waals surface area contributed by atoms with Crippen LogP contribution < -0.4 is 4.74 Å². The van der Waals surface area contributed by atoms with Gasteiger partial charge in [0.15, 0.2) is 0 Å². The highest BCUT2D eigenvalue weighted by Gasteiger charge is 2.18. The lowest BCUT2D eigenvalue weighted by atomic mass is 9.86. The van der Waals surface area contributed by atoms with Gasteiger partial charge in [-0.3, -0.25) is 4.79 Å². The average Bonchev–Trinajstić information content (AvgIpc) is 3.14. The fraction of sp³-hybridized carbons (Fsp3) is 0.250. The summed E-state index contributed by atoms with van der Waals surface area (Å²) in [4.78, 5) is 15.9. The van der Waals surface area contributed by atoms with Gasteiger partial charge in [-0.2, -0.15) is 0 Å². The van der Waals surface area contributed by atoms with Crippen molar-refractivity contribution in [2.75, 3.05) is 0 Å². The highest BCUT2D eigenvalue weighted by atomic mass is 16.5. The maximum absolute atomic E-state index is 11.4. The molecule has 28 heavy (non-hydrogen) atoms. The van der Waals surface area contributed by atoms with Crippen molar-refractivity contribution in [3.63, 3.8) is 0 Å². The largest absolute Gasteiger partial charge is 0.426 e. The van der Waals surface area contributed by atoms with Crippen LogP contribution in [-0.2, 0) is 24.2 Å². The van der Waals surface area contributed by atoms with Crippen molar-refractivity contribution in [1.82, 2.24) is 9.55 Å². The van der Waals surface area contributed by atoms with Crippen molar-refractivity contribution >= 4 is 11.5 Å². The Morgan fingerprint density at radius 3 is 2.82 bits per heavy atom. The van der Waals surface area contributed by atoms with E-state index >= 15 is 0 Å². The monoisotopic (exact) mass is 372 g/mol. The quantitative estimate of drug-likeness (QED) is 0.476. The van der Waals surface area contributed by atoms with E-state index in [-0.39, 0.29) is 5.97 Å². The Bertz CT molecular complexity index is 1000. The SMILES string of the molecule is CC(=O)Oc1cccc2c1CCCC2=CCn1cnc(Cc2ccccc2)c1. The van der Waals surface area contributed by atoms with E-state index in [0.717, 1.165) is 43.5 Å². The second kappa shape index (κ2) is 8.26. The zero-order valence-electron chi connectivity index (χ0n) is 16.1. The molecule has 1 aromatic heterocycles. The fourth-order valence-electron chi connectivity index (χ4n) is 3.80. The number of imidazole rings is 1. The third-order valence-corrected chi connectivity index (χ3v) is 5.07. The van der Waals surface area contributed by atoms with E-state index in [1.54, 1.807) is 0 Å². The molecule has 0 spiro atoms. The van der Waals surface area contributed by atoms with Gasteiger partial charge in [-0.05, 0) is 42.0 Å². The molecule has 0 fully saturated rings. The van der Waals surface area contributed by atoms with Crippen LogP contribution in [0.2, 0.25) is 0 Å². The van der Waals surface area contributed by atoms with E-state index in [9.17, 15) is 4.79 Å². The predicted molar refractivity (Wildman–Crippen MR) is 110 cm³/mol. The highest BCUT2D eigenvalue weighted by molar-refractivity contribution is 5.75. The molecule has 0 saturated heterocycles. The van der Waals surface area contributed by atoms with Gasteiger partial charge in [0.25, 0.3) is 0 Å². The number of hydrogen-bond acceptors (Lipinski definition) is 3. The molecule has 0 unspecified atom stereocenters. The van der Waals surface area contributed by atoms with Crippen LogP contribution in [0, 0.1) is 0 Å². The van der Waals surface area contributed by atoms with Crippen LogP contribution >= 0.6 is 0 Å². The number of allylic oxidation sites excluding steroid dienone is 2. The number of carbonyl (C=O) groups excluding carboxylic acids is 1. The van der Waals surface area contributed by atoms with E-state index < -0.39 is 0 Å². The summed E-state index contributed by atoms with van der Waals surface area (Å²) in [5.41, 5.74) is 6.00. The van der Waals surface area contributed by atoms with Crippen molar-refractivity contribution in [1.29, 1.82) is 0 Å². The summed E-state index contributed by atoms with van der Waals surface area (Å²) in [5, 5.41) is 0. The molecule has 4 nitrogen and oxygen atoms in total.